The molecule has 4 nitrogen and oxygen atoms in total. The first-order valence-electron chi connectivity index (χ1n) is 20.5. The highest BCUT2D eigenvalue weighted by Gasteiger charge is 2.19. The maximum absolute atomic E-state index is 6.80. The third kappa shape index (κ3) is 7.07. The van der Waals surface area contributed by atoms with E-state index in [-0.39, 0.29) is 0 Å². The van der Waals surface area contributed by atoms with Gasteiger partial charge in [-0.15, -0.1) is 0 Å². The molecule has 286 valence electrons. The molecular formula is C57H37N3O. The molecule has 61 heavy (non-hydrogen) atoms. The van der Waals surface area contributed by atoms with E-state index in [1.165, 1.54) is 11.1 Å². The summed E-state index contributed by atoms with van der Waals surface area (Å²) < 4.78 is 6.80. The second-order valence-corrected chi connectivity index (χ2v) is 15.2. The third-order valence-corrected chi connectivity index (χ3v) is 11.4. The Bertz CT molecular complexity index is 3190. The van der Waals surface area contributed by atoms with E-state index in [2.05, 4.69) is 200 Å². The van der Waals surface area contributed by atoms with Gasteiger partial charge in [0.15, 0.2) is 17.5 Å². The molecule has 2 aromatic heterocycles. The summed E-state index contributed by atoms with van der Waals surface area (Å²) in [6.45, 7) is 0. The quantitative estimate of drug-likeness (QED) is 0.154. The number of furan rings is 1. The van der Waals surface area contributed by atoms with Crippen LogP contribution in [0.2, 0.25) is 0 Å². The second kappa shape index (κ2) is 15.5. The van der Waals surface area contributed by atoms with Crippen LogP contribution in [0.4, 0.5) is 0 Å². The van der Waals surface area contributed by atoms with Gasteiger partial charge in [-0.2, -0.15) is 0 Å². The monoisotopic (exact) mass is 779 g/mol. The first kappa shape index (κ1) is 35.9. The van der Waals surface area contributed by atoms with Gasteiger partial charge in [0.25, 0.3) is 0 Å². The van der Waals surface area contributed by atoms with Crippen LogP contribution in [0.1, 0.15) is 0 Å². The van der Waals surface area contributed by atoms with Gasteiger partial charge in [-0.05, 0) is 79.9 Å². The van der Waals surface area contributed by atoms with Gasteiger partial charge in [-0.25, -0.2) is 15.0 Å². The average Bonchev–Trinajstić information content (AvgIpc) is 3.73. The Kier molecular flexibility index (Phi) is 9.14. The Hall–Kier alpha value is -8.21. The van der Waals surface area contributed by atoms with E-state index in [0.717, 1.165) is 83.1 Å². The summed E-state index contributed by atoms with van der Waals surface area (Å²) in [7, 11) is 0. The van der Waals surface area contributed by atoms with Crippen molar-refractivity contribution in [3.05, 3.63) is 224 Å². The minimum atomic E-state index is 0.573. The van der Waals surface area contributed by atoms with Crippen molar-refractivity contribution >= 4 is 21.9 Å². The van der Waals surface area contributed by atoms with E-state index in [9.17, 15) is 0 Å². The molecule has 0 aliphatic carbocycles. The number of hydrogen-bond acceptors (Lipinski definition) is 4. The second-order valence-electron chi connectivity index (χ2n) is 15.2. The first-order valence-corrected chi connectivity index (χ1v) is 20.5. The fourth-order valence-electron chi connectivity index (χ4n) is 8.19. The molecule has 0 amide bonds. The molecule has 0 aliphatic rings. The first-order chi connectivity index (χ1) is 30.2. The Morgan fingerprint density at radius 1 is 0.246 bits per heavy atom. The summed E-state index contributed by atoms with van der Waals surface area (Å²) in [6.07, 6.45) is 0. The average molecular weight is 780 g/mol. The standard InChI is InChI=1S/C57H37N3O/c1-5-13-38(14-6-1)42-21-27-45(28-22-42)51-35-49(41-19-11-4-12-20-41)37-53-54(51)50-34-33-48(36-52(50)61-53)57-59-55(46-29-23-43(24-30-46)39-15-7-2-8-16-39)58-56(60-57)47-31-25-44(26-32-47)40-17-9-3-10-18-40/h1-37H. The number of fused-ring (bicyclic) bond motifs is 3. The lowest BCUT2D eigenvalue weighted by atomic mass is 9.93. The van der Waals surface area contributed by atoms with Crippen molar-refractivity contribution in [2.24, 2.45) is 0 Å². The largest absolute Gasteiger partial charge is 0.456 e. The van der Waals surface area contributed by atoms with Crippen molar-refractivity contribution in [1.29, 1.82) is 0 Å². The minimum absolute atomic E-state index is 0.573. The number of hydrogen-bond donors (Lipinski definition) is 0. The zero-order valence-corrected chi connectivity index (χ0v) is 33.1. The van der Waals surface area contributed by atoms with Gasteiger partial charge in [0.05, 0.1) is 0 Å². The summed E-state index contributed by atoms with van der Waals surface area (Å²) >= 11 is 0. The Labute approximate surface area is 354 Å². The van der Waals surface area contributed by atoms with Crippen LogP contribution >= 0.6 is 0 Å². The molecule has 0 bridgehead atoms. The molecule has 0 fully saturated rings. The molecule has 0 atom stereocenters. The maximum atomic E-state index is 6.80. The summed E-state index contributed by atoms with van der Waals surface area (Å²) in [5.41, 5.74) is 15.7. The van der Waals surface area contributed by atoms with Crippen LogP contribution in [-0.2, 0) is 0 Å². The minimum Gasteiger partial charge on any atom is -0.456 e. The molecule has 0 N–H and O–H groups in total. The molecule has 2 heterocycles. The summed E-state index contributed by atoms with van der Waals surface area (Å²) in [6, 6.07) is 78.2. The maximum Gasteiger partial charge on any atom is 0.164 e. The van der Waals surface area contributed by atoms with E-state index in [0.29, 0.717) is 17.5 Å². The zero-order valence-electron chi connectivity index (χ0n) is 33.1. The van der Waals surface area contributed by atoms with Crippen LogP contribution in [-0.4, -0.2) is 15.0 Å². The van der Waals surface area contributed by atoms with Gasteiger partial charge in [-0.3, -0.25) is 0 Å². The highest BCUT2D eigenvalue weighted by Crippen LogP contribution is 2.42. The summed E-state index contributed by atoms with van der Waals surface area (Å²) in [4.78, 5) is 15.3. The topological polar surface area (TPSA) is 51.8 Å². The Morgan fingerprint density at radius 2 is 0.574 bits per heavy atom. The molecule has 9 aromatic carbocycles. The highest BCUT2D eigenvalue weighted by atomic mass is 16.3. The van der Waals surface area contributed by atoms with Crippen molar-refractivity contribution in [1.82, 2.24) is 15.0 Å². The lowest BCUT2D eigenvalue weighted by Crippen LogP contribution is -2.00. The molecule has 0 spiro atoms. The SMILES string of the molecule is c1ccc(-c2ccc(-c3nc(-c4ccc(-c5ccccc5)cc4)nc(-c4ccc5c(c4)oc4cc(-c6ccccc6)cc(-c6ccc(-c7ccccc7)cc6)c45)n3)cc2)cc1. The van der Waals surface area contributed by atoms with E-state index in [1.54, 1.807) is 0 Å². The van der Waals surface area contributed by atoms with E-state index in [4.69, 9.17) is 19.4 Å². The zero-order chi connectivity index (χ0) is 40.5. The van der Waals surface area contributed by atoms with Crippen molar-refractivity contribution in [3.63, 3.8) is 0 Å². The van der Waals surface area contributed by atoms with Crippen LogP contribution in [0.15, 0.2) is 229 Å². The molecule has 11 aromatic rings. The van der Waals surface area contributed by atoms with E-state index >= 15 is 0 Å². The van der Waals surface area contributed by atoms with Crippen LogP contribution < -0.4 is 0 Å². The predicted molar refractivity (Wildman–Crippen MR) is 251 cm³/mol. The lowest BCUT2D eigenvalue weighted by Gasteiger charge is -2.10. The van der Waals surface area contributed by atoms with Gasteiger partial charge in [0.1, 0.15) is 11.2 Å². The summed E-state index contributed by atoms with van der Waals surface area (Å²) in [5.74, 6) is 1.78. The number of benzene rings is 9. The summed E-state index contributed by atoms with van der Waals surface area (Å²) in [5, 5.41) is 2.10. The smallest absolute Gasteiger partial charge is 0.164 e. The molecule has 0 radical (unpaired) electrons. The molecule has 4 heteroatoms. The van der Waals surface area contributed by atoms with Crippen LogP contribution in [0, 0.1) is 0 Å². The molecule has 0 saturated carbocycles. The Morgan fingerprint density at radius 3 is 1.02 bits per heavy atom. The molecular weight excluding hydrogens is 743 g/mol. The fourth-order valence-corrected chi connectivity index (χ4v) is 8.19. The normalized spacial score (nSPS) is 11.3. The predicted octanol–water partition coefficient (Wildman–Crippen LogP) is 15.1. The molecule has 11 rings (SSSR count). The molecule has 0 aliphatic heterocycles. The lowest BCUT2D eigenvalue weighted by molar-refractivity contribution is 0.669. The van der Waals surface area contributed by atoms with Gasteiger partial charge >= 0.3 is 0 Å². The van der Waals surface area contributed by atoms with Crippen molar-refractivity contribution < 1.29 is 4.42 Å². The van der Waals surface area contributed by atoms with Crippen LogP contribution in [0.5, 0.6) is 0 Å². The number of nitrogens with zero attached hydrogens (tertiary/aromatic N) is 3. The number of rotatable bonds is 8. The van der Waals surface area contributed by atoms with Gasteiger partial charge in [-0.1, -0.05) is 200 Å². The van der Waals surface area contributed by atoms with Crippen molar-refractivity contribution in [3.8, 4) is 89.8 Å². The van der Waals surface area contributed by atoms with Gasteiger partial charge in [0.2, 0.25) is 0 Å². The third-order valence-electron chi connectivity index (χ3n) is 11.4. The van der Waals surface area contributed by atoms with Gasteiger partial charge in [0, 0.05) is 27.5 Å². The molecule has 0 saturated heterocycles. The molecule has 0 unspecified atom stereocenters. The van der Waals surface area contributed by atoms with Crippen LogP contribution in [0.3, 0.4) is 0 Å². The van der Waals surface area contributed by atoms with E-state index < -0.39 is 0 Å². The number of aromatic nitrogens is 3. The Balaban J connectivity index is 1.04. The fraction of sp³-hybridized carbons (Fsp3) is 0. The van der Waals surface area contributed by atoms with Crippen LogP contribution in [0.25, 0.3) is 112 Å². The van der Waals surface area contributed by atoms with Gasteiger partial charge < -0.3 is 4.42 Å². The van der Waals surface area contributed by atoms with Crippen molar-refractivity contribution in [2.45, 2.75) is 0 Å². The van der Waals surface area contributed by atoms with E-state index in [1.807, 2.05) is 24.3 Å². The highest BCUT2D eigenvalue weighted by molar-refractivity contribution is 6.14. The van der Waals surface area contributed by atoms with Crippen molar-refractivity contribution in [2.75, 3.05) is 0 Å².